The Morgan fingerprint density at radius 2 is 1.52 bits per heavy atom. The van der Waals surface area contributed by atoms with E-state index >= 15 is 0 Å². The molecule has 0 amide bonds. The van der Waals surface area contributed by atoms with Crippen LogP contribution in [0.25, 0.3) is 11.6 Å². The lowest BCUT2D eigenvalue weighted by atomic mass is 9.95. The molecule has 0 aliphatic carbocycles. The summed E-state index contributed by atoms with van der Waals surface area (Å²) in [6.45, 7) is 0. The van der Waals surface area contributed by atoms with E-state index in [1.54, 1.807) is 6.20 Å². The van der Waals surface area contributed by atoms with Crippen LogP contribution in [0.2, 0.25) is 0 Å². The number of nitrogen functional groups attached to an aromatic ring is 1. The van der Waals surface area contributed by atoms with Gasteiger partial charge in [0, 0.05) is 17.4 Å². The molecule has 2 nitrogen and oxygen atoms in total. The molecule has 0 saturated heterocycles. The first-order chi connectivity index (χ1) is 10.3. The number of hydrogen-bond donors (Lipinski definition) is 1. The first-order valence-corrected chi connectivity index (χ1v) is 6.87. The van der Waals surface area contributed by atoms with Gasteiger partial charge in [-0.05, 0) is 35.4 Å². The van der Waals surface area contributed by atoms with Gasteiger partial charge in [0.1, 0.15) is 0 Å². The Morgan fingerprint density at radius 1 is 0.810 bits per heavy atom. The summed E-state index contributed by atoms with van der Waals surface area (Å²) in [4.78, 5) is 4.38. The number of benzene rings is 2. The van der Waals surface area contributed by atoms with Gasteiger partial charge < -0.3 is 5.73 Å². The molecule has 1 heterocycles. The van der Waals surface area contributed by atoms with Crippen LogP contribution in [0, 0.1) is 0 Å². The summed E-state index contributed by atoms with van der Waals surface area (Å²) in [6.07, 6.45) is 3.86. The summed E-state index contributed by atoms with van der Waals surface area (Å²) in [5.74, 6) is 0. The molecule has 2 aromatic carbocycles. The highest BCUT2D eigenvalue weighted by Gasteiger charge is 2.08. The molecule has 21 heavy (non-hydrogen) atoms. The van der Waals surface area contributed by atoms with E-state index in [4.69, 9.17) is 5.73 Å². The van der Waals surface area contributed by atoms with Crippen LogP contribution in [-0.4, -0.2) is 4.98 Å². The molecule has 3 aromatic rings. The first kappa shape index (κ1) is 13.1. The molecule has 0 unspecified atom stereocenters. The van der Waals surface area contributed by atoms with Gasteiger partial charge in [0.2, 0.25) is 0 Å². The number of pyridine rings is 1. The van der Waals surface area contributed by atoms with Crippen LogP contribution in [0.1, 0.15) is 16.8 Å². The van der Waals surface area contributed by atoms with Crippen LogP contribution < -0.4 is 5.73 Å². The normalized spacial score (nSPS) is 11.3. The van der Waals surface area contributed by atoms with Crippen molar-refractivity contribution in [2.24, 2.45) is 0 Å². The van der Waals surface area contributed by atoms with E-state index in [9.17, 15) is 0 Å². The van der Waals surface area contributed by atoms with Crippen molar-refractivity contribution in [1.29, 1.82) is 0 Å². The van der Waals surface area contributed by atoms with Gasteiger partial charge in [-0.1, -0.05) is 54.6 Å². The molecule has 0 radical (unpaired) electrons. The van der Waals surface area contributed by atoms with Crippen LogP contribution in [0.3, 0.4) is 0 Å². The molecule has 0 aliphatic rings. The van der Waals surface area contributed by atoms with Crippen molar-refractivity contribution < 1.29 is 0 Å². The van der Waals surface area contributed by atoms with E-state index in [0.29, 0.717) is 0 Å². The molecule has 102 valence electrons. The van der Waals surface area contributed by atoms with Gasteiger partial charge in [0.05, 0.1) is 5.69 Å². The highest BCUT2D eigenvalue weighted by molar-refractivity contribution is 5.94. The van der Waals surface area contributed by atoms with E-state index < -0.39 is 0 Å². The Labute approximate surface area is 124 Å². The number of para-hydroxylation sites is 1. The summed E-state index contributed by atoms with van der Waals surface area (Å²) in [5.41, 5.74) is 11.1. The number of hydrogen-bond acceptors (Lipinski definition) is 2. The van der Waals surface area contributed by atoms with Gasteiger partial charge in [-0.2, -0.15) is 0 Å². The van der Waals surface area contributed by atoms with Crippen molar-refractivity contribution in [2.75, 3.05) is 5.73 Å². The zero-order chi connectivity index (χ0) is 14.5. The lowest BCUT2D eigenvalue weighted by molar-refractivity contribution is 1.30. The van der Waals surface area contributed by atoms with Crippen molar-refractivity contribution in [3.05, 3.63) is 95.8 Å². The van der Waals surface area contributed by atoms with E-state index in [1.165, 1.54) is 0 Å². The predicted molar refractivity (Wildman–Crippen MR) is 88.5 cm³/mol. The van der Waals surface area contributed by atoms with E-state index in [0.717, 1.165) is 28.1 Å². The van der Waals surface area contributed by atoms with Crippen LogP contribution in [0.15, 0.2) is 79.0 Å². The van der Waals surface area contributed by atoms with Gasteiger partial charge in [-0.15, -0.1) is 0 Å². The van der Waals surface area contributed by atoms with Crippen molar-refractivity contribution >= 4 is 17.3 Å². The standard InChI is InChI=1S/C19H16N2/c20-19-12-5-4-11-17(19)18(15-8-2-1-3-9-15)14-16-10-6-7-13-21-16/h1-14H,20H2/b18-14+. The zero-order valence-electron chi connectivity index (χ0n) is 11.6. The average Bonchev–Trinajstić information content (AvgIpc) is 2.55. The summed E-state index contributed by atoms with van der Waals surface area (Å²) in [6, 6.07) is 24.0. The molecule has 0 atom stereocenters. The minimum Gasteiger partial charge on any atom is -0.398 e. The topological polar surface area (TPSA) is 38.9 Å². The lowest BCUT2D eigenvalue weighted by Gasteiger charge is -2.11. The average molecular weight is 272 g/mol. The van der Waals surface area contributed by atoms with E-state index in [-0.39, 0.29) is 0 Å². The fourth-order valence-corrected chi connectivity index (χ4v) is 2.29. The minimum atomic E-state index is 0.767. The lowest BCUT2D eigenvalue weighted by Crippen LogP contribution is -1.95. The zero-order valence-corrected chi connectivity index (χ0v) is 11.6. The Bertz CT molecular complexity index is 747. The van der Waals surface area contributed by atoms with Crippen molar-refractivity contribution in [2.45, 2.75) is 0 Å². The molecular formula is C19H16N2. The number of aromatic nitrogens is 1. The Hall–Kier alpha value is -2.87. The molecule has 0 spiro atoms. The summed E-state index contributed by atoms with van der Waals surface area (Å²) < 4.78 is 0. The second-order valence-electron chi connectivity index (χ2n) is 4.77. The maximum atomic E-state index is 6.15. The first-order valence-electron chi connectivity index (χ1n) is 6.87. The smallest absolute Gasteiger partial charge is 0.0636 e. The number of anilines is 1. The SMILES string of the molecule is Nc1ccccc1/C(=C/c1ccccn1)c1ccccc1. The van der Waals surface area contributed by atoms with Gasteiger partial charge >= 0.3 is 0 Å². The quantitative estimate of drug-likeness (QED) is 0.724. The fourth-order valence-electron chi connectivity index (χ4n) is 2.29. The monoisotopic (exact) mass is 272 g/mol. The summed E-state index contributed by atoms with van der Waals surface area (Å²) >= 11 is 0. The Kier molecular flexibility index (Phi) is 3.79. The summed E-state index contributed by atoms with van der Waals surface area (Å²) in [7, 11) is 0. The molecule has 1 aromatic heterocycles. The maximum Gasteiger partial charge on any atom is 0.0636 e. The largest absolute Gasteiger partial charge is 0.398 e. The summed E-state index contributed by atoms with van der Waals surface area (Å²) in [5, 5.41) is 0. The van der Waals surface area contributed by atoms with Gasteiger partial charge in [-0.25, -0.2) is 0 Å². The molecule has 0 saturated carbocycles. The molecule has 2 N–H and O–H groups in total. The number of nitrogens with two attached hydrogens (primary N) is 1. The third kappa shape index (κ3) is 3.00. The fraction of sp³-hybridized carbons (Fsp3) is 0. The third-order valence-corrected chi connectivity index (χ3v) is 3.32. The Morgan fingerprint density at radius 3 is 2.24 bits per heavy atom. The molecule has 3 rings (SSSR count). The van der Waals surface area contributed by atoms with Crippen LogP contribution in [0.5, 0.6) is 0 Å². The highest BCUT2D eigenvalue weighted by atomic mass is 14.7. The van der Waals surface area contributed by atoms with E-state index in [2.05, 4.69) is 23.2 Å². The molecule has 0 bridgehead atoms. The number of rotatable bonds is 3. The van der Waals surface area contributed by atoms with Crippen LogP contribution >= 0.6 is 0 Å². The molecule has 0 aliphatic heterocycles. The second kappa shape index (κ2) is 6.06. The van der Waals surface area contributed by atoms with Gasteiger partial charge in [0.15, 0.2) is 0 Å². The predicted octanol–water partition coefficient (Wildman–Crippen LogP) is 4.25. The van der Waals surface area contributed by atoms with Gasteiger partial charge in [0.25, 0.3) is 0 Å². The van der Waals surface area contributed by atoms with Crippen LogP contribution in [-0.2, 0) is 0 Å². The van der Waals surface area contributed by atoms with Crippen molar-refractivity contribution in [1.82, 2.24) is 4.98 Å². The van der Waals surface area contributed by atoms with Crippen molar-refractivity contribution in [3.63, 3.8) is 0 Å². The van der Waals surface area contributed by atoms with Gasteiger partial charge in [-0.3, -0.25) is 4.98 Å². The highest BCUT2D eigenvalue weighted by Crippen LogP contribution is 2.29. The van der Waals surface area contributed by atoms with Crippen LogP contribution in [0.4, 0.5) is 5.69 Å². The van der Waals surface area contributed by atoms with Crippen molar-refractivity contribution in [3.8, 4) is 0 Å². The minimum absolute atomic E-state index is 0.767. The maximum absolute atomic E-state index is 6.15. The molecule has 0 fully saturated rings. The number of nitrogens with zero attached hydrogens (tertiary/aromatic N) is 1. The molecule has 2 heteroatoms. The molecular weight excluding hydrogens is 256 g/mol. The second-order valence-corrected chi connectivity index (χ2v) is 4.77. The van der Waals surface area contributed by atoms with E-state index in [1.807, 2.05) is 60.7 Å². The third-order valence-electron chi connectivity index (χ3n) is 3.32. The Balaban J connectivity index is 2.17.